The number of carbonyl (C=O) groups is 2. The minimum absolute atomic E-state index is 0.0538. The summed E-state index contributed by atoms with van der Waals surface area (Å²) in [4.78, 5) is 28.2. The van der Waals surface area contributed by atoms with Gasteiger partial charge in [-0.25, -0.2) is 8.42 Å². The minimum Gasteiger partial charge on any atom is -0.493 e. The van der Waals surface area contributed by atoms with E-state index in [4.69, 9.17) is 21.1 Å². The predicted octanol–water partition coefficient (Wildman–Crippen LogP) is 4.80. The number of carbonyl (C=O) groups excluding carboxylic acids is 2. The van der Waals surface area contributed by atoms with Crippen molar-refractivity contribution in [3.63, 3.8) is 0 Å². The number of amides is 2. The molecule has 0 heterocycles. The number of methoxy groups -OCH3 is 2. The van der Waals surface area contributed by atoms with E-state index < -0.39 is 28.5 Å². The van der Waals surface area contributed by atoms with Crippen LogP contribution in [0, 0.1) is 6.92 Å². The first kappa shape index (κ1) is 31.8. The van der Waals surface area contributed by atoms with Crippen molar-refractivity contribution >= 4 is 39.1 Å². The van der Waals surface area contributed by atoms with Gasteiger partial charge in [-0.05, 0) is 62.2 Å². The highest BCUT2D eigenvalue weighted by Gasteiger charge is 2.33. The molecule has 0 aromatic heterocycles. The molecule has 0 aliphatic rings. The minimum atomic E-state index is -4.26. The van der Waals surface area contributed by atoms with E-state index in [1.165, 1.54) is 37.3 Å². The number of ether oxygens (including phenoxy) is 2. The SMILES string of the molecule is CCCNC(=O)C(C)N(Cc1cccc(Cl)c1)C(=O)CN(c1ccc(C)cc1)S(=O)(=O)c1ccc(OC)c(OC)c1. The lowest BCUT2D eigenvalue weighted by molar-refractivity contribution is -0.139. The maximum absolute atomic E-state index is 14.1. The lowest BCUT2D eigenvalue weighted by Gasteiger charge is -2.32. The Morgan fingerprint density at radius 2 is 1.66 bits per heavy atom. The van der Waals surface area contributed by atoms with E-state index in [9.17, 15) is 18.0 Å². The quantitative estimate of drug-likeness (QED) is 0.302. The van der Waals surface area contributed by atoms with E-state index in [0.29, 0.717) is 28.6 Å². The zero-order valence-electron chi connectivity index (χ0n) is 23.9. The smallest absolute Gasteiger partial charge is 0.264 e. The fourth-order valence-electron chi connectivity index (χ4n) is 4.15. The van der Waals surface area contributed by atoms with Crippen LogP contribution in [0.2, 0.25) is 5.02 Å². The summed E-state index contributed by atoms with van der Waals surface area (Å²) in [5.74, 6) is -0.308. The third kappa shape index (κ3) is 7.92. The third-order valence-corrected chi connectivity index (χ3v) is 8.51. The molecule has 3 aromatic rings. The number of anilines is 1. The van der Waals surface area contributed by atoms with Crippen LogP contribution in [0.5, 0.6) is 11.5 Å². The lowest BCUT2D eigenvalue weighted by Crippen LogP contribution is -2.51. The molecule has 9 nitrogen and oxygen atoms in total. The molecule has 0 radical (unpaired) electrons. The van der Waals surface area contributed by atoms with Crippen molar-refractivity contribution in [2.75, 3.05) is 31.6 Å². The van der Waals surface area contributed by atoms with Crippen LogP contribution >= 0.6 is 11.6 Å². The van der Waals surface area contributed by atoms with Crippen molar-refractivity contribution < 1.29 is 27.5 Å². The van der Waals surface area contributed by atoms with Crippen molar-refractivity contribution in [1.29, 1.82) is 0 Å². The van der Waals surface area contributed by atoms with Crippen molar-refractivity contribution in [2.24, 2.45) is 0 Å². The van der Waals surface area contributed by atoms with Crippen LogP contribution in [0.3, 0.4) is 0 Å². The van der Waals surface area contributed by atoms with Gasteiger partial charge >= 0.3 is 0 Å². The first-order valence-corrected chi connectivity index (χ1v) is 15.0. The Kier molecular flexibility index (Phi) is 11.0. The maximum Gasteiger partial charge on any atom is 0.264 e. The molecule has 220 valence electrons. The number of rotatable bonds is 13. The lowest BCUT2D eigenvalue weighted by atomic mass is 10.1. The molecule has 41 heavy (non-hydrogen) atoms. The molecule has 3 rings (SSSR count). The van der Waals surface area contributed by atoms with Crippen LogP contribution in [0.1, 0.15) is 31.4 Å². The fourth-order valence-corrected chi connectivity index (χ4v) is 5.80. The molecule has 0 bridgehead atoms. The predicted molar refractivity (Wildman–Crippen MR) is 160 cm³/mol. The van der Waals surface area contributed by atoms with Crippen LogP contribution in [0.25, 0.3) is 0 Å². The van der Waals surface area contributed by atoms with Gasteiger partial charge in [0.25, 0.3) is 10.0 Å². The summed E-state index contributed by atoms with van der Waals surface area (Å²) in [5, 5.41) is 3.30. The summed E-state index contributed by atoms with van der Waals surface area (Å²) in [7, 11) is -1.40. The van der Waals surface area contributed by atoms with Crippen LogP contribution in [-0.2, 0) is 26.2 Å². The zero-order chi connectivity index (χ0) is 30.2. The number of halogens is 1. The standard InChI is InChI=1S/C30H36ClN3O6S/c1-6-16-32-30(36)22(3)33(19-23-8-7-9-24(31)17-23)29(35)20-34(25-12-10-21(2)11-13-25)41(37,38)26-14-15-27(39-4)28(18-26)40-5/h7-15,17-18,22H,6,16,19-20H2,1-5H3,(H,32,36). The van der Waals surface area contributed by atoms with Gasteiger partial charge in [0.2, 0.25) is 11.8 Å². The number of hydrogen-bond acceptors (Lipinski definition) is 6. The van der Waals surface area contributed by atoms with Crippen LogP contribution in [-0.4, -0.2) is 58.5 Å². The third-order valence-electron chi connectivity index (χ3n) is 6.50. The number of nitrogens with one attached hydrogen (secondary N) is 1. The first-order chi connectivity index (χ1) is 19.5. The molecule has 2 amide bonds. The Morgan fingerprint density at radius 1 is 0.976 bits per heavy atom. The summed E-state index contributed by atoms with van der Waals surface area (Å²) in [6.07, 6.45) is 0.728. The van der Waals surface area contributed by atoms with E-state index in [2.05, 4.69) is 5.32 Å². The molecule has 0 aliphatic carbocycles. The number of nitrogens with zero attached hydrogens (tertiary/aromatic N) is 2. The van der Waals surface area contributed by atoms with Gasteiger partial charge in [0, 0.05) is 24.2 Å². The molecule has 0 spiro atoms. The molecule has 0 aliphatic heterocycles. The average Bonchev–Trinajstić information content (AvgIpc) is 2.97. The molecule has 0 saturated heterocycles. The summed E-state index contributed by atoms with van der Waals surface area (Å²) >= 11 is 6.18. The normalized spacial score (nSPS) is 11.9. The zero-order valence-corrected chi connectivity index (χ0v) is 25.5. The van der Waals surface area contributed by atoms with Gasteiger partial charge in [-0.15, -0.1) is 0 Å². The van der Waals surface area contributed by atoms with Gasteiger partial charge in [0.05, 0.1) is 24.8 Å². The van der Waals surface area contributed by atoms with Gasteiger partial charge in [0.15, 0.2) is 11.5 Å². The maximum atomic E-state index is 14.1. The monoisotopic (exact) mass is 601 g/mol. The Morgan fingerprint density at radius 3 is 2.27 bits per heavy atom. The summed E-state index contributed by atoms with van der Waals surface area (Å²) in [5.41, 5.74) is 1.92. The highest BCUT2D eigenvalue weighted by atomic mass is 35.5. The van der Waals surface area contributed by atoms with Gasteiger partial charge in [-0.3, -0.25) is 13.9 Å². The summed E-state index contributed by atoms with van der Waals surface area (Å²) in [6.45, 7) is 5.38. The van der Waals surface area contributed by atoms with Crippen LogP contribution in [0.15, 0.2) is 71.6 Å². The molecule has 1 N–H and O–H groups in total. The largest absolute Gasteiger partial charge is 0.493 e. The Hall–Kier alpha value is -3.76. The molecular formula is C30H36ClN3O6S. The van der Waals surface area contributed by atoms with E-state index in [-0.39, 0.29) is 23.1 Å². The fraction of sp³-hybridized carbons (Fsp3) is 0.333. The topological polar surface area (TPSA) is 105 Å². The average molecular weight is 602 g/mol. The van der Waals surface area contributed by atoms with Crippen molar-refractivity contribution in [1.82, 2.24) is 10.2 Å². The molecular weight excluding hydrogens is 566 g/mol. The summed E-state index contributed by atoms with van der Waals surface area (Å²) < 4.78 is 39.7. The van der Waals surface area contributed by atoms with Gasteiger partial charge in [-0.2, -0.15) is 0 Å². The van der Waals surface area contributed by atoms with Crippen molar-refractivity contribution in [2.45, 2.75) is 44.7 Å². The van der Waals surface area contributed by atoms with Gasteiger partial charge < -0.3 is 19.7 Å². The number of aryl methyl sites for hydroxylation is 1. The van der Waals surface area contributed by atoms with Crippen molar-refractivity contribution in [3.8, 4) is 11.5 Å². The highest BCUT2D eigenvalue weighted by molar-refractivity contribution is 7.92. The van der Waals surface area contributed by atoms with Gasteiger partial charge in [-0.1, -0.05) is 48.4 Å². The number of hydrogen-bond donors (Lipinski definition) is 1. The van der Waals surface area contributed by atoms with Crippen molar-refractivity contribution in [3.05, 3.63) is 82.9 Å². The Bertz CT molecular complexity index is 1460. The van der Waals surface area contributed by atoms with Crippen LogP contribution < -0.4 is 19.1 Å². The second kappa shape index (κ2) is 14.2. The van der Waals surface area contributed by atoms with Crippen LogP contribution in [0.4, 0.5) is 5.69 Å². The summed E-state index contributed by atoms with van der Waals surface area (Å²) in [6, 6.07) is 17.1. The Labute approximate surface area is 247 Å². The first-order valence-electron chi connectivity index (χ1n) is 13.1. The van der Waals surface area contributed by atoms with Gasteiger partial charge in [0.1, 0.15) is 12.6 Å². The molecule has 11 heteroatoms. The highest BCUT2D eigenvalue weighted by Crippen LogP contribution is 2.32. The number of benzene rings is 3. The molecule has 3 aromatic carbocycles. The van der Waals surface area contributed by atoms with E-state index in [0.717, 1.165) is 16.3 Å². The molecule has 0 saturated carbocycles. The second-order valence-corrected chi connectivity index (χ2v) is 11.8. The Balaban J connectivity index is 2.06. The molecule has 0 fully saturated rings. The second-order valence-electron chi connectivity index (χ2n) is 9.48. The number of sulfonamides is 1. The molecule has 1 unspecified atom stereocenters. The van der Waals surface area contributed by atoms with E-state index >= 15 is 0 Å². The molecule has 1 atom stereocenters. The van der Waals surface area contributed by atoms with E-state index in [1.54, 1.807) is 55.5 Å². The van der Waals surface area contributed by atoms with E-state index in [1.807, 2.05) is 13.8 Å².